The van der Waals surface area contributed by atoms with Crippen molar-refractivity contribution in [3.63, 3.8) is 0 Å². The van der Waals surface area contributed by atoms with Gasteiger partial charge in [0.25, 0.3) is 5.89 Å². The lowest BCUT2D eigenvalue weighted by molar-refractivity contribution is -0.116. The first-order valence-electron chi connectivity index (χ1n) is 8.35. The number of aromatic nitrogens is 3. The first kappa shape index (κ1) is 16.1. The van der Waals surface area contributed by atoms with Gasteiger partial charge in [0.2, 0.25) is 11.8 Å². The Morgan fingerprint density at radius 3 is 2.69 bits per heavy atom. The minimum Gasteiger partial charge on any atom is -0.420 e. The molecule has 2 heterocycles. The molecule has 0 saturated carbocycles. The fourth-order valence-electron chi connectivity index (χ4n) is 3.02. The van der Waals surface area contributed by atoms with Crippen molar-refractivity contribution in [1.82, 2.24) is 14.8 Å². The average molecular weight is 346 g/mol. The highest BCUT2D eigenvalue weighted by Crippen LogP contribution is 2.27. The van der Waals surface area contributed by atoms with Crippen LogP contribution in [0.15, 0.2) is 59.0 Å². The molecule has 6 nitrogen and oxygen atoms in total. The molecule has 1 N–H and O–H groups in total. The van der Waals surface area contributed by atoms with Crippen molar-refractivity contribution in [2.45, 2.75) is 20.4 Å². The fourth-order valence-corrected chi connectivity index (χ4v) is 3.02. The normalized spacial score (nSPS) is 11.0. The average Bonchev–Trinajstić information content (AvgIpc) is 3.19. The highest BCUT2D eigenvalue weighted by molar-refractivity contribution is 5.93. The van der Waals surface area contributed by atoms with Gasteiger partial charge in [0.15, 0.2) is 0 Å². The van der Waals surface area contributed by atoms with Gasteiger partial charge in [-0.2, -0.15) is 0 Å². The number of hydrogen-bond acceptors (Lipinski definition) is 4. The van der Waals surface area contributed by atoms with Crippen molar-refractivity contribution in [1.29, 1.82) is 0 Å². The van der Waals surface area contributed by atoms with Crippen molar-refractivity contribution in [3.05, 3.63) is 66.1 Å². The molecule has 4 aromatic rings. The molecule has 0 spiro atoms. The largest absolute Gasteiger partial charge is 0.420 e. The van der Waals surface area contributed by atoms with E-state index in [1.807, 2.05) is 66.1 Å². The SMILES string of the molecule is Cc1cccc(NC(=O)Cn2c(-c3nnc(C)o3)cc3ccccc32)c1. The summed E-state index contributed by atoms with van der Waals surface area (Å²) in [6.07, 6.45) is 0. The smallest absolute Gasteiger partial charge is 0.264 e. The molecular formula is C20H18N4O2. The molecule has 2 aromatic heterocycles. The van der Waals surface area contributed by atoms with Gasteiger partial charge in [-0.1, -0.05) is 30.3 Å². The maximum atomic E-state index is 12.6. The zero-order valence-electron chi connectivity index (χ0n) is 14.6. The van der Waals surface area contributed by atoms with Crippen molar-refractivity contribution >= 4 is 22.5 Å². The van der Waals surface area contributed by atoms with Crippen molar-refractivity contribution in [3.8, 4) is 11.6 Å². The van der Waals surface area contributed by atoms with E-state index in [4.69, 9.17) is 4.42 Å². The van der Waals surface area contributed by atoms with Crippen LogP contribution in [0.3, 0.4) is 0 Å². The van der Waals surface area contributed by atoms with Crippen LogP contribution < -0.4 is 5.32 Å². The van der Waals surface area contributed by atoms with Crippen molar-refractivity contribution < 1.29 is 9.21 Å². The van der Waals surface area contributed by atoms with E-state index < -0.39 is 0 Å². The monoisotopic (exact) mass is 346 g/mol. The summed E-state index contributed by atoms with van der Waals surface area (Å²) in [4.78, 5) is 12.6. The summed E-state index contributed by atoms with van der Waals surface area (Å²) in [5.74, 6) is 0.775. The van der Waals surface area contributed by atoms with Gasteiger partial charge in [-0.3, -0.25) is 4.79 Å². The lowest BCUT2D eigenvalue weighted by Gasteiger charge is -2.10. The van der Waals surface area contributed by atoms with Crippen LogP contribution in [0, 0.1) is 13.8 Å². The molecule has 130 valence electrons. The highest BCUT2D eigenvalue weighted by atomic mass is 16.4. The number of fused-ring (bicyclic) bond motifs is 1. The van der Waals surface area contributed by atoms with Crippen LogP contribution in [0.4, 0.5) is 5.69 Å². The van der Waals surface area contributed by atoms with Crippen molar-refractivity contribution in [2.75, 3.05) is 5.32 Å². The molecule has 4 rings (SSSR count). The van der Waals surface area contributed by atoms with Crippen LogP contribution in [-0.4, -0.2) is 20.7 Å². The molecule has 0 saturated heterocycles. The fraction of sp³-hybridized carbons (Fsp3) is 0.150. The van der Waals surface area contributed by atoms with Crippen LogP contribution in [0.2, 0.25) is 0 Å². The van der Waals surface area contributed by atoms with Gasteiger partial charge in [-0.05, 0) is 36.8 Å². The molecule has 1 amide bonds. The summed E-state index contributed by atoms with van der Waals surface area (Å²) in [6.45, 7) is 3.89. The maximum absolute atomic E-state index is 12.6. The molecule has 26 heavy (non-hydrogen) atoms. The number of benzene rings is 2. The molecule has 2 aromatic carbocycles. The molecule has 0 atom stereocenters. The Morgan fingerprint density at radius 1 is 1.08 bits per heavy atom. The lowest BCUT2D eigenvalue weighted by Crippen LogP contribution is -2.19. The first-order chi connectivity index (χ1) is 12.6. The minimum absolute atomic E-state index is 0.116. The van der Waals surface area contributed by atoms with Crippen LogP contribution in [0.1, 0.15) is 11.5 Å². The standard InChI is InChI=1S/C20H18N4O2/c1-13-6-5-8-16(10-13)21-19(25)12-24-17-9-4-3-7-15(17)11-18(24)20-23-22-14(2)26-20/h3-11H,12H2,1-2H3,(H,21,25). The lowest BCUT2D eigenvalue weighted by atomic mass is 10.2. The Hall–Kier alpha value is -3.41. The highest BCUT2D eigenvalue weighted by Gasteiger charge is 2.17. The second-order valence-corrected chi connectivity index (χ2v) is 6.22. The van der Waals surface area contributed by atoms with E-state index in [2.05, 4.69) is 15.5 Å². The Balaban J connectivity index is 1.69. The number of nitrogens with zero attached hydrogens (tertiary/aromatic N) is 3. The Labute approximate surface area is 150 Å². The van der Waals surface area contributed by atoms with Gasteiger partial charge >= 0.3 is 0 Å². The van der Waals surface area contributed by atoms with E-state index in [0.717, 1.165) is 27.8 Å². The maximum Gasteiger partial charge on any atom is 0.264 e. The van der Waals surface area contributed by atoms with E-state index in [1.54, 1.807) is 6.92 Å². The van der Waals surface area contributed by atoms with Gasteiger partial charge in [0.1, 0.15) is 12.2 Å². The van der Waals surface area contributed by atoms with Crippen LogP contribution in [-0.2, 0) is 11.3 Å². The quantitative estimate of drug-likeness (QED) is 0.607. The van der Waals surface area contributed by atoms with E-state index in [1.165, 1.54) is 0 Å². The van der Waals surface area contributed by atoms with Gasteiger partial charge < -0.3 is 14.3 Å². The number of para-hydroxylation sites is 1. The van der Waals surface area contributed by atoms with Crippen LogP contribution in [0.5, 0.6) is 0 Å². The Bertz CT molecular complexity index is 1090. The summed E-state index contributed by atoms with van der Waals surface area (Å²) in [5, 5.41) is 12.0. The molecular weight excluding hydrogens is 328 g/mol. The molecule has 6 heteroatoms. The van der Waals surface area contributed by atoms with Crippen LogP contribution in [0.25, 0.3) is 22.5 Å². The van der Waals surface area contributed by atoms with E-state index >= 15 is 0 Å². The zero-order chi connectivity index (χ0) is 18.1. The first-order valence-corrected chi connectivity index (χ1v) is 8.35. The Kier molecular flexibility index (Phi) is 4.01. The van der Waals surface area contributed by atoms with Gasteiger partial charge in [0.05, 0.1) is 0 Å². The minimum atomic E-state index is -0.116. The van der Waals surface area contributed by atoms with E-state index in [0.29, 0.717) is 11.8 Å². The Morgan fingerprint density at radius 2 is 1.92 bits per heavy atom. The number of hydrogen-bond donors (Lipinski definition) is 1. The molecule has 0 aliphatic rings. The second kappa shape index (κ2) is 6.48. The van der Waals surface area contributed by atoms with E-state index in [-0.39, 0.29) is 12.5 Å². The van der Waals surface area contributed by atoms with Gasteiger partial charge in [0, 0.05) is 23.5 Å². The van der Waals surface area contributed by atoms with Gasteiger partial charge in [-0.15, -0.1) is 10.2 Å². The number of amides is 1. The number of anilines is 1. The summed E-state index contributed by atoms with van der Waals surface area (Å²) >= 11 is 0. The predicted octanol–water partition coefficient (Wildman–Crippen LogP) is 3.95. The number of carbonyl (C=O) groups is 1. The third kappa shape index (κ3) is 3.09. The number of aryl methyl sites for hydroxylation is 2. The topological polar surface area (TPSA) is 73.0 Å². The molecule has 0 aliphatic heterocycles. The molecule has 0 radical (unpaired) electrons. The molecule has 0 bridgehead atoms. The third-order valence-corrected chi connectivity index (χ3v) is 4.16. The third-order valence-electron chi connectivity index (χ3n) is 4.16. The summed E-state index contributed by atoms with van der Waals surface area (Å²) < 4.78 is 7.48. The molecule has 0 aliphatic carbocycles. The van der Waals surface area contributed by atoms with Crippen molar-refractivity contribution in [2.24, 2.45) is 0 Å². The number of carbonyl (C=O) groups excluding carboxylic acids is 1. The summed E-state index contributed by atoms with van der Waals surface area (Å²) in [6, 6.07) is 17.6. The predicted molar refractivity (Wildman–Crippen MR) is 99.8 cm³/mol. The summed E-state index contributed by atoms with van der Waals surface area (Å²) in [7, 11) is 0. The second-order valence-electron chi connectivity index (χ2n) is 6.22. The molecule has 0 fully saturated rings. The van der Waals surface area contributed by atoms with Gasteiger partial charge in [-0.25, -0.2) is 0 Å². The van der Waals surface area contributed by atoms with E-state index in [9.17, 15) is 4.79 Å². The van der Waals surface area contributed by atoms with Crippen LogP contribution >= 0.6 is 0 Å². The number of rotatable bonds is 4. The zero-order valence-corrected chi connectivity index (χ0v) is 14.6. The molecule has 0 unspecified atom stereocenters. The summed E-state index contributed by atoms with van der Waals surface area (Å²) in [5.41, 5.74) is 3.54. The number of nitrogens with one attached hydrogen (secondary N) is 1.